The summed E-state index contributed by atoms with van der Waals surface area (Å²) in [5, 5.41) is 0. The van der Waals surface area contributed by atoms with Gasteiger partial charge < -0.3 is 0 Å². The molecule has 0 unspecified atom stereocenters. The second-order valence-corrected chi connectivity index (χ2v) is 3.26. The van der Waals surface area contributed by atoms with Crippen molar-refractivity contribution < 1.29 is 14.4 Å². The standard InChI is InChI=1S/C10H14O3/c1-7(11)5-6-10(4,8(2)12)9(3)13/h5-6H,1-4H3/b6-5+. The predicted octanol–water partition coefficient (Wildman–Crippen LogP) is 1.32. The molecule has 0 rings (SSSR count). The van der Waals surface area contributed by atoms with Gasteiger partial charge in [0.1, 0.15) is 17.0 Å². The van der Waals surface area contributed by atoms with Gasteiger partial charge in [-0.1, -0.05) is 6.08 Å². The molecular weight excluding hydrogens is 168 g/mol. The number of rotatable bonds is 4. The van der Waals surface area contributed by atoms with Crippen LogP contribution in [0.5, 0.6) is 0 Å². The summed E-state index contributed by atoms with van der Waals surface area (Å²) >= 11 is 0. The van der Waals surface area contributed by atoms with Crippen LogP contribution in [0, 0.1) is 5.41 Å². The molecule has 0 bridgehead atoms. The van der Waals surface area contributed by atoms with Crippen molar-refractivity contribution in [2.75, 3.05) is 0 Å². The smallest absolute Gasteiger partial charge is 0.152 e. The van der Waals surface area contributed by atoms with Crippen LogP contribution in [-0.4, -0.2) is 17.3 Å². The minimum atomic E-state index is -1.15. The summed E-state index contributed by atoms with van der Waals surface area (Å²) in [6.45, 7) is 5.56. The van der Waals surface area contributed by atoms with Gasteiger partial charge in [-0.3, -0.25) is 14.4 Å². The first-order chi connectivity index (χ1) is 5.80. The summed E-state index contributed by atoms with van der Waals surface area (Å²) < 4.78 is 0. The van der Waals surface area contributed by atoms with Gasteiger partial charge in [-0.25, -0.2) is 0 Å². The maximum absolute atomic E-state index is 11.1. The minimum Gasteiger partial charge on any atom is -0.299 e. The van der Waals surface area contributed by atoms with Gasteiger partial charge in [-0.2, -0.15) is 0 Å². The molecule has 0 atom stereocenters. The molecule has 0 aliphatic heterocycles. The number of allylic oxidation sites excluding steroid dienone is 2. The first kappa shape index (κ1) is 11.8. The zero-order valence-electron chi connectivity index (χ0n) is 8.38. The summed E-state index contributed by atoms with van der Waals surface area (Å²) in [5.41, 5.74) is -1.15. The number of ketones is 3. The molecule has 0 saturated carbocycles. The van der Waals surface area contributed by atoms with Crippen LogP contribution in [0.3, 0.4) is 0 Å². The molecule has 3 nitrogen and oxygen atoms in total. The molecule has 0 radical (unpaired) electrons. The molecule has 3 heteroatoms. The molecule has 0 heterocycles. The lowest BCUT2D eigenvalue weighted by atomic mass is 9.82. The molecule has 0 aromatic rings. The molecular formula is C10H14O3. The van der Waals surface area contributed by atoms with Crippen LogP contribution in [0.25, 0.3) is 0 Å². The van der Waals surface area contributed by atoms with Crippen molar-refractivity contribution in [2.24, 2.45) is 5.41 Å². The van der Waals surface area contributed by atoms with E-state index in [1.54, 1.807) is 0 Å². The van der Waals surface area contributed by atoms with E-state index in [2.05, 4.69) is 0 Å². The highest BCUT2D eigenvalue weighted by atomic mass is 16.2. The summed E-state index contributed by atoms with van der Waals surface area (Å²) in [7, 11) is 0. The lowest BCUT2D eigenvalue weighted by Gasteiger charge is -2.18. The fourth-order valence-corrected chi connectivity index (χ4v) is 0.767. The fourth-order valence-electron chi connectivity index (χ4n) is 0.767. The molecule has 0 aliphatic rings. The highest BCUT2D eigenvalue weighted by molar-refractivity contribution is 6.07. The number of carbonyl (C=O) groups excluding carboxylic acids is 3. The SMILES string of the molecule is CC(=O)/C=C/C(C)(C(C)=O)C(C)=O. The van der Waals surface area contributed by atoms with Crippen molar-refractivity contribution in [3.8, 4) is 0 Å². The first-order valence-electron chi connectivity index (χ1n) is 4.02. The molecule has 13 heavy (non-hydrogen) atoms. The monoisotopic (exact) mass is 182 g/mol. The van der Waals surface area contributed by atoms with E-state index < -0.39 is 5.41 Å². The van der Waals surface area contributed by atoms with Crippen LogP contribution in [0.2, 0.25) is 0 Å². The van der Waals surface area contributed by atoms with Crippen LogP contribution < -0.4 is 0 Å². The van der Waals surface area contributed by atoms with Crippen molar-refractivity contribution in [3.63, 3.8) is 0 Å². The summed E-state index contributed by atoms with van der Waals surface area (Å²) in [6, 6.07) is 0. The van der Waals surface area contributed by atoms with Crippen LogP contribution in [0.4, 0.5) is 0 Å². The summed E-state index contributed by atoms with van der Waals surface area (Å²) in [6.07, 6.45) is 2.61. The van der Waals surface area contributed by atoms with Crippen LogP contribution in [0.15, 0.2) is 12.2 Å². The Morgan fingerprint density at radius 3 is 1.62 bits per heavy atom. The lowest BCUT2D eigenvalue weighted by molar-refractivity contribution is -0.134. The van der Waals surface area contributed by atoms with Gasteiger partial charge in [-0.05, 0) is 33.8 Å². The Balaban J connectivity index is 4.93. The van der Waals surface area contributed by atoms with E-state index in [1.165, 1.54) is 39.8 Å². The van der Waals surface area contributed by atoms with Gasteiger partial charge in [0.15, 0.2) is 5.78 Å². The van der Waals surface area contributed by atoms with Crippen LogP contribution in [-0.2, 0) is 14.4 Å². The number of hydrogen-bond acceptors (Lipinski definition) is 3. The third-order valence-electron chi connectivity index (χ3n) is 2.11. The maximum Gasteiger partial charge on any atom is 0.152 e. The molecule has 0 aromatic heterocycles. The van der Waals surface area contributed by atoms with Gasteiger partial charge in [-0.15, -0.1) is 0 Å². The third-order valence-corrected chi connectivity index (χ3v) is 2.11. The van der Waals surface area contributed by atoms with E-state index in [1.807, 2.05) is 0 Å². The predicted molar refractivity (Wildman–Crippen MR) is 49.3 cm³/mol. The van der Waals surface area contributed by atoms with Gasteiger partial charge in [0.2, 0.25) is 0 Å². The summed E-state index contributed by atoms with van der Waals surface area (Å²) in [4.78, 5) is 32.9. The highest BCUT2D eigenvalue weighted by Gasteiger charge is 2.31. The quantitative estimate of drug-likeness (QED) is 0.486. The molecule has 0 aliphatic carbocycles. The fraction of sp³-hybridized carbons (Fsp3) is 0.500. The molecule has 0 saturated heterocycles. The molecule has 0 spiro atoms. The second kappa shape index (κ2) is 4.12. The van der Waals surface area contributed by atoms with Crippen molar-refractivity contribution >= 4 is 17.3 Å². The van der Waals surface area contributed by atoms with E-state index >= 15 is 0 Å². The van der Waals surface area contributed by atoms with Crippen molar-refractivity contribution in [3.05, 3.63) is 12.2 Å². The normalized spacial score (nSPS) is 11.7. The molecule has 72 valence electrons. The Kier molecular flexibility index (Phi) is 3.72. The van der Waals surface area contributed by atoms with Crippen molar-refractivity contribution in [1.29, 1.82) is 0 Å². The van der Waals surface area contributed by atoms with E-state index in [0.717, 1.165) is 0 Å². The topological polar surface area (TPSA) is 51.2 Å². The third kappa shape index (κ3) is 2.93. The van der Waals surface area contributed by atoms with E-state index in [-0.39, 0.29) is 17.3 Å². The first-order valence-corrected chi connectivity index (χ1v) is 4.02. The van der Waals surface area contributed by atoms with Gasteiger partial charge >= 0.3 is 0 Å². The van der Waals surface area contributed by atoms with Gasteiger partial charge in [0.05, 0.1) is 0 Å². The molecule has 0 N–H and O–H groups in total. The average Bonchev–Trinajstić information content (AvgIpc) is 1.99. The second-order valence-electron chi connectivity index (χ2n) is 3.26. The van der Waals surface area contributed by atoms with E-state index in [9.17, 15) is 14.4 Å². The number of hydrogen-bond donors (Lipinski definition) is 0. The Hall–Kier alpha value is -1.25. The Labute approximate surface area is 77.8 Å². The number of carbonyl (C=O) groups is 3. The van der Waals surface area contributed by atoms with E-state index in [0.29, 0.717) is 0 Å². The highest BCUT2D eigenvalue weighted by Crippen LogP contribution is 2.20. The average molecular weight is 182 g/mol. The van der Waals surface area contributed by atoms with Crippen LogP contribution >= 0.6 is 0 Å². The Morgan fingerprint density at radius 2 is 1.38 bits per heavy atom. The van der Waals surface area contributed by atoms with E-state index in [4.69, 9.17) is 0 Å². The number of Topliss-reactive ketones (excluding diaryl/α,β-unsaturated/α-hetero) is 2. The maximum atomic E-state index is 11.1. The lowest BCUT2D eigenvalue weighted by Crippen LogP contribution is -2.31. The molecule has 0 amide bonds. The molecule has 0 aromatic carbocycles. The molecule has 0 fully saturated rings. The minimum absolute atomic E-state index is 0.172. The van der Waals surface area contributed by atoms with Gasteiger partial charge in [0.25, 0.3) is 0 Å². The summed E-state index contributed by atoms with van der Waals surface area (Å²) in [5.74, 6) is -0.677. The van der Waals surface area contributed by atoms with Crippen LogP contribution in [0.1, 0.15) is 27.7 Å². The zero-order valence-corrected chi connectivity index (χ0v) is 8.38. The van der Waals surface area contributed by atoms with Crippen molar-refractivity contribution in [1.82, 2.24) is 0 Å². The largest absolute Gasteiger partial charge is 0.299 e. The van der Waals surface area contributed by atoms with Gasteiger partial charge in [0, 0.05) is 0 Å². The zero-order chi connectivity index (χ0) is 10.6. The Morgan fingerprint density at radius 1 is 1.00 bits per heavy atom. The Bertz CT molecular complexity index is 260. The van der Waals surface area contributed by atoms with Crippen molar-refractivity contribution in [2.45, 2.75) is 27.7 Å².